The van der Waals surface area contributed by atoms with Crippen molar-refractivity contribution in [1.82, 2.24) is 15.0 Å². The number of hydrogen-bond donors (Lipinski definition) is 3. The van der Waals surface area contributed by atoms with Gasteiger partial charge in [-0.25, -0.2) is 14.8 Å². The lowest BCUT2D eigenvalue weighted by atomic mass is 10.1. The smallest absolute Gasteiger partial charge is 0.339 e. The van der Waals surface area contributed by atoms with E-state index in [-0.39, 0.29) is 5.56 Å². The predicted molar refractivity (Wildman–Crippen MR) is 111 cm³/mol. The molecule has 0 aliphatic heterocycles. The standard InChI is InChI=1S/C22H20N4O3/c1-2-29-20-8-7-15(12-17(20)21(27)28)19-9-10-23-22(26-19)24-13-16-11-14-5-3-4-6-18(14)25-16/h3-12,25H,2,13H2,1H3,(H,27,28)(H,23,24,26). The summed E-state index contributed by atoms with van der Waals surface area (Å²) in [5.74, 6) is -0.233. The van der Waals surface area contributed by atoms with Crippen molar-refractivity contribution in [2.75, 3.05) is 11.9 Å². The van der Waals surface area contributed by atoms with Crippen LogP contribution in [0.25, 0.3) is 22.2 Å². The van der Waals surface area contributed by atoms with E-state index in [0.29, 0.717) is 36.1 Å². The van der Waals surface area contributed by atoms with Gasteiger partial charge >= 0.3 is 5.97 Å². The van der Waals surface area contributed by atoms with Gasteiger partial charge in [-0.1, -0.05) is 18.2 Å². The van der Waals surface area contributed by atoms with Crippen molar-refractivity contribution in [1.29, 1.82) is 0 Å². The number of fused-ring (bicyclic) bond motifs is 1. The molecule has 0 aliphatic carbocycles. The van der Waals surface area contributed by atoms with Gasteiger partial charge in [0.05, 0.1) is 18.8 Å². The average Bonchev–Trinajstić information content (AvgIpc) is 3.16. The number of rotatable bonds is 7. The molecule has 4 aromatic rings. The Morgan fingerprint density at radius 2 is 2.03 bits per heavy atom. The van der Waals surface area contributed by atoms with E-state index in [1.165, 1.54) is 0 Å². The van der Waals surface area contributed by atoms with Crippen molar-refractivity contribution in [3.8, 4) is 17.0 Å². The van der Waals surface area contributed by atoms with E-state index in [4.69, 9.17) is 4.74 Å². The van der Waals surface area contributed by atoms with Crippen LogP contribution >= 0.6 is 0 Å². The molecule has 3 N–H and O–H groups in total. The molecule has 7 nitrogen and oxygen atoms in total. The fraction of sp³-hybridized carbons (Fsp3) is 0.136. The number of benzene rings is 2. The molecule has 0 aliphatic rings. The van der Waals surface area contributed by atoms with Gasteiger partial charge in [-0.15, -0.1) is 0 Å². The molecule has 0 spiro atoms. The van der Waals surface area contributed by atoms with Crippen LogP contribution in [-0.2, 0) is 6.54 Å². The van der Waals surface area contributed by atoms with Gasteiger partial charge in [0.2, 0.25) is 5.95 Å². The lowest BCUT2D eigenvalue weighted by molar-refractivity contribution is 0.0692. The Bertz CT molecular complexity index is 1140. The number of nitrogens with zero attached hydrogens (tertiary/aromatic N) is 2. The zero-order chi connectivity index (χ0) is 20.2. The summed E-state index contributed by atoms with van der Waals surface area (Å²) >= 11 is 0. The van der Waals surface area contributed by atoms with Crippen LogP contribution in [0.3, 0.4) is 0 Å². The highest BCUT2D eigenvalue weighted by atomic mass is 16.5. The van der Waals surface area contributed by atoms with Gasteiger partial charge < -0.3 is 20.1 Å². The van der Waals surface area contributed by atoms with E-state index in [2.05, 4.69) is 32.4 Å². The summed E-state index contributed by atoms with van der Waals surface area (Å²) in [5, 5.41) is 13.8. The maximum atomic E-state index is 11.6. The number of para-hydroxylation sites is 1. The number of carboxylic acids is 1. The first-order valence-corrected chi connectivity index (χ1v) is 9.28. The fourth-order valence-corrected chi connectivity index (χ4v) is 3.15. The first-order valence-electron chi connectivity index (χ1n) is 9.28. The summed E-state index contributed by atoms with van der Waals surface area (Å²) in [6, 6.07) is 16.9. The third kappa shape index (κ3) is 4.03. The SMILES string of the molecule is CCOc1ccc(-c2ccnc(NCc3cc4ccccc4[nH]3)n2)cc1C(=O)O. The molecule has 2 heterocycles. The van der Waals surface area contributed by atoms with Crippen LogP contribution < -0.4 is 10.1 Å². The van der Waals surface area contributed by atoms with Gasteiger partial charge in [0, 0.05) is 23.0 Å². The average molecular weight is 388 g/mol. The van der Waals surface area contributed by atoms with Crippen molar-refractivity contribution in [3.63, 3.8) is 0 Å². The highest BCUT2D eigenvalue weighted by molar-refractivity contribution is 5.92. The highest BCUT2D eigenvalue weighted by Crippen LogP contribution is 2.26. The van der Waals surface area contributed by atoms with E-state index < -0.39 is 5.97 Å². The van der Waals surface area contributed by atoms with E-state index in [0.717, 1.165) is 16.6 Å². The van der Waals surface area contributed by atoms with Gasteiger partial charge in [-0.05, 0) is 48.7 Å². The van der Waals surface area contributed by atoms with E-state index >= 15 is 0 Å². The molecule has 146 valence electrons. The second-order valence-corrected chi connectivity index (χ2v) is 6.45. The van der Waals surface area contributed by atoms with Crippen molar-refractivity contribution >= 4 is 22.8 Å². The zero-order valence-electron chi connectivity index (χ0n) is 15.8. The molecule has 2 aromatic heterocycles. The van der Waals surface area contributed by atoms with E-state index in [9.17, 15) is 9.90 Å². The first-order chi connectivity index (χ1) is 14.1. The number of H-pyrrole nitrogens is 1. The molecule has 0 fully saturated rings. The Kier molecular flexibility index (Phi) is 5.11. The number of aromatic carboxylic acids is 1. The minimum Gasteiger partial charge on any atom is -0.493 e. The second-order valence-electron chi connectivity index (χ2n) is 6.45. The van der Waals surface area contributed by atoms with Crippen molar-refractivity contribution in [2.24, 2.45) is 0 Å². The van der Waals surface area contributed by atoms with Gasteiger partial charge in [-0.2, -0.15) is 0 Å². The maximum absolute atomic E-state index is 11.6. The monoisotopic (exact) mass is 388 g/mol. The van der Waals surface area contributed by atoms with Crippen LogP contribution in [0.15, 0.2) is 60.8 Å². The Hall–Kier alpha value is -3.87. The minimum atomic E-state index is -1.04. The van der Waals surface area contributed by atoms with Crippen LogP contribution in [0.1, 0.15) is 23.0 Å². The molecule has 0 bridgehead atoms. The number of aromatic amines is 1. The van der Waals surface area contributed by atoms with Crippen molar-refractivity contribution in [2.45, 2.75) is 13.5 Å². The second kappa shape index (κ2) is 8.02. The molecule has 0 amide bonds. The molecule has 0 atom stereocenters. The lowest BCUT2D eigenvalue weighted by Crippen LogP contribution is -2.05. The largest absolute Gasteiger partial charge is 0.493 e. The summed E-state index contributed by atoms with van der Waals surface area (Å²) in [7, 11) is 0. The van der Waals surface area contributed by atoms with Crippen LogP contribution in [0.5, 0.6) is 5.75 Å². The van der Waals surface area contributed by atoms with E-state index in [1.807, 2.05) is 25.1 Å². The third-order valence-corrected chi connectivity index (χ3v) is 4.48. The molecule has 0 saturated heterocycles. The Morgan fingerprint density at radius 1 is 1.17 bits per heavy atom. The van der Waals surface area contributed by atoms with Gasteiger partial charge in [0.1, 0.15) is 11.3 Å². The number of carboxylic acid groups (broad SMARTS) is 1. The van der Waals surface area contributed by atoms with Crippen molar-refractivity contribution in [3.05, 3.63) is 72.1 Å². The van der Waals surface area contributed by atoms with Crippen LogP contribution in [-0.4, -0.2) is 32.6 Å². The van der Waals surface area contributed by atoms with Gasteiger partial charge in [0.25, 0.3) is 0 Å². The maximum Gasteiger partial charge on any atom is 0.339 e. The van der Waals surface area contributed by atoms with Crippen molar-refractivity contribution < 1.29 is 14.6 Å². The third-order valence-electron chi connectivity index (χ3n) is 4.48. The topological polar surface area (TPSA) is 100 Å². The predicted octanol–water partition coefficient (Wildman–Crippen LogP) is 4.33. The summed E-state index contributed by atoms with van der Waals surface area (Å²) in [5.41, 5.74) is 3.52. The quantitative estimate of drug-likeness (QED) is 0.436. The number of aromatic nitrogens is 3. The Morgan fingerprint density at radius 3 is 2.83 bits per heavy atom. The summed E-state index contributed by atoms with van der Waals surface area (Å²) < 4.78 is 5.40. The lowest BCUT2D eigenvalue weighted by Gasteiger charge is -2.10. The van der Waals surface area contributed by atoms with Crippen LogP contribution in [0, 0.1) is 0 Å². The number of ether oxygens (including phenoxy) is 1. The summed E-state index contributed by atoms with van der Waals surface area (Å²) in [4.78, 5) is 23.7. The number of nitrogens with one attached hydrogen (secondary N) is 2. The molecule has 7 heteroatoms. The molecule has 0 saturated carbocycles. The highest BCUT2D eigenvalue weighted by Gasteiger charge is 2.14. The summed E-state index contributed by atoms with van der Waals surface area (Å²) in [6.07, 6.45) is 1.65. The van der Waals surface area contributed by atoms with Crippen LogP contribution in [0.2, 0.25) is 0 Å². The molecule has 2 aromatic carbocycles. The number of anilines is 1. The van der Waals surface area contributed by atoms with E-state index in [1.54, 1.807) is 30.5 Å². The molecule has 29 heavy (non-hydrogen) atoms. The molecule has 0 radical (unpaired) electrons. The minimum absolute atomic E-state index is 0.107. The van der Waals surface area contributed by atoms with Gasteiger partial charge in [-0.3, -0.25) is 0 Å². The van der Waals surface area contributed by atoms with Crippen LogP contribution in [0.4, 0.5) is 5.95 Å². The number of carbonyl (C=O) groups is 1. The summed E-state index contributed by atoms with van der Waals surface area (Å²) in [6.45, 7) is 2.76. The first kappa shape index (κ1) is 18.5. The molecule has 4 rings (SSSR count). The zero-order valence-corrected chi connectivity index (χ0v) is 15.8. The normalized spacial score (nSPS) is 10.8. The Labute approximate surface area is 167 Å². The molecular weight excluding hydrogens is 368 g/mol. The van der Waals surface area contributed by atoms with Gasteiger partial charge in [0.15, 0.2) is 0 Å². The fourth-order valence-electron chi connectivity index (χ4n) is 3.15. The molecular formula is C22H20N4O3. The number of hydrogen-bond acceptors (Lipinski definition) is 5. The Balaban J connectivity index is 1.55. The molecule has 0 unspecified atom stereocenters.